The number of amides is 8. The molecule has 33 nitrogen and oxygen atoms in total. The fourth-order valence-electron chi connectivity index (χ4n) is 12.8. The third-order valence-electron chi connectivity index (χ3n) is 18.9. The maximum atomic E-state index is 15.8. The highest BCUT2D eigenvalue weighted by Crippen LogP contribution is 2.25. The SMILES string of the molecule is CC[C@H](C)[C@H](NC(=O)[C@@H](N)CCCNC(=N)N)C(=O)N[C@@H](CCCCN)C(=O)N[C@@H](CCCNC(=N)N)C(=O)N[C@@H](Cc1c[nH]c2ccccc12)C(=O)N[C@@H](Cc1c[nH]c2ccccc12)C(=O)N[C@@H](Cc1c[nH]c2ccccc12)C(=O)N[C@@H](Cc1c[nH]c2ccccc12)C(=O)N[C@@H](CCCNC(=N)N)C(=O)O. The van der Waals surface area contributed by atoms with Crippen LogP contribution < -0.4 is 87.2 Å². The molecule has 0 aliphatic carbocycles. The van der Waals surface area contributed by atoms with Crippen molar-refractivity contribution in [1.29, 1.82) is 16.2 Å². The summed E-state index contributed by atoms with van der Waals surface area (Å²) in [5.41, 5.74) is 33.9. The molecule has 0 aliphatic heterocycles. The van der Waals surface area contributed by atoms with Crippen molar-refractivity contribution in [2.24, 2.45) is 34.6 Å². The van der Waals surface area contributed by atoms with Crippen molar-refractivity contribution < 1.29 is 48.3 Å². The number of carbonyl (C=O) groups is 9. The molecule has 8 amide bonds. The number of hydrogen-bond acceptors (Lipinski definition) is 14. The molecule has 4 aromatic heterocycles. The average Bonchev–Trinajstić information content (AvgIpc) is 1.73. The number of rotatable bonds is 43. The second-order valence-corrected chi connectivity index (χ2v) is 26.7. The van der Waals surface area contributed by atoms with Crippen molar-refractivity contribution in [3.63, 3.8) is 0 Å². The topological polar surface area (TPSA) is 571 Å². The number of aromatic nitrogens is 4. The van der Waals surface area contributed by atoms with Crippen LogP contribution in [0.4, 0.5) is 0 Å². The number of hydrogen-bond donors (Lipinski definition) is 24. The van der Waals surface area contributed by atoms with Crippen molar-refractivity contribution >= 4 is 115 Å². The summed E-state index contributed by atoms with van der Waals surface area (Å²) in [6.45, 7) is 4.34. The monoisotopic (exact) mass is 1470 g/mol. The maximum Gasteiger partial charge on any atom is 0.326 e. The number of unbranched alkanes of at least 4 members (excludes halogenated alkanes) is 1. The molecule has 29 N–H and O–H groups in total. The van der Waals surface area contributed by atoms with Gasteiger partial charge in [-0.15, -0.1) is 0 Å². The van der Waals surface area contributed by atoms with Gasteiger partial charge in [-0.3, -0.25) is 54.6 Å². The molecule has 0 aliphatic rings. The first-order chi connectivity index (χ1) is 51.4. The van der Waals surface area contributed by atoms with Crippen molar-refractivity contribution in [3.8, 4) is 0 Å². The molecule has 0 saturated heterocycles. The number of fused-ring (bicyclic) bond motifs is 4. The van der Waals surface area contributed by atoms with E-state index in [4.69, 9.17) is 44.9 Å². The number of para-hydroxylation sites is 4. The standard InChI is InChI=1S/C74H101N23O10/c1-3-41(2)62(97-63(98)50(76)21-14-30-83-72(77)78)70(105)91-55(26-12-13-29-75)64(99)90-56(27-15-31-84-73(79)80)65(100)93-59(34-43-38-87-52-23-9-5-18-47(43)52)67(102)95-61(36-45-40-89-54-25-11-7-20-49(45)54)69(104)96-60(35-44-39-88-53-24-10-6-19-48(44)53)68(103)94-58(33-42-37-86-51-22-8-4-17-46(42)51)66(101)92-57(71(106)107)28-16-32-85-74(81)82/h4-11,17-20,22-25,37-41,50,55-62,86-89H,3,12-16,21,26-36,75-76H2,1-2H3,(H,90,99)(H,91,105)(H,92,101)(H,93,100)(H,94,103)(H,95,102)(H,96,104)(H,97,98)(H,106,107)(H4,77,78,83)(H4,79,80,84)(H4,81,82,85)/t41-,50-,55-,56-,57-,58-,59-,60-,61-,62-/m0/s1. The van der Waals surface area contributed by atoms with E-state index in [1.807, 2.05) is 79.7 Å². The second kappa shape index (κ2) is 39.8. The molecule has 0 bridgehead atoms. The lowest BCUT2D eigenvalue weighted by Crippen LogP contribution is -2.61. The minimum Gasteiger partial charge on any atom is -0.480 e. The first-order valence-corrected chi connectivity index (χ1v) is 36.0. The zero-order valence-electron chi connectivity index (χ0n) is 60.1. The van der Waals surface area contributed by atoms with E-state index < -0.39 is 114 Å². The van der Waals surface area contributed by atoms with Gasteiger partial charge in [0.25, 0.3) is 0 Å². The second-order valence-electron chi connectivity index (χ2n) is 26.7. The van der Waals surface area contributed by atoms with Gasteiger partial charge in [-0.2, -0.15) is 0 Å². The highest BCUT2D eigenvalue weighted by molar-refractivity contribution is 6.00. The van der Waals surface area contributed by atoms with Gasteiger partial charge in [0.15, 0.2) is 17.9 Å². The molecular formula is C74H101N23O10. The Balaban J connectivity index is 1.13. The van der Waals surface area contributed by atoms with Crippen molar-refractivity contribution in [2.45, 2.75) is 158 Å². The van der Waals surface area contributed by atoms with Gasteiger partial charge < -0.3 is 112 Å². The Labute approximate surface area is 618 Å². The molecule has 0 fully saturated rings. The van der Waals surface area contributed by atoms with Gasteiger partial charge in [-0.1, -0.05) is 93.1 Å². The van der Waals surface area contributed by atoms with Crippen LogP contribution >= 0.6 is 0 Å². The number of aromatic amines is 4. The third-order valence-corrected chi connectivity index (χ3v) is 18.9. The first kappa shape index (κ1) is 80.7. The fourth-order valence-corrected chi connectivity index (χ4v) is 12.8. The molecule has 0 spiro atoms. The summed E-state index contributed by atoms with van der Waals surface area (Å²) in [5, 5.41) is 66.6. The van der Waals surface area contributed by atoms with Crippen molar-refractivity contribution in [1.82, 2.24) is 78.4 Å². The Morgan fingerprint density at radius 1 is 0.393 bits per heavy atom. The Morgan fingerprint density at radius 3 is 1.01 bits per heavy atom. The predicted octanol–water partition coefficient (Wildman–Crippen LogP) is 1.14. The van der Waals surface area contributed by atoms with Crippen LogP contribution in [0.15, 0.2) is 122 Å². The van der Waals surface area contributed by atoms with E-state index in [0.29, 0.717) is 80.6 Å². The van der Waals surface area contributed by atoms with Crippen LogP contribution in [0.1, 0.15) is 100 Å². The predicted molar refractivity (Wildman–Crippen MR) is 409 cm³/mol. The average molecular weight is 1470 g/mol. The number of nitrogens with two attached hydrogens (primary N) is 5. The number of carbonyl (C=O) groups excluding carboxylic acids is 8. The van der Waals surface area contributed by atoms with Gasteiger partial charge in [-0.05, 0) is 117 Å². The summed E-state index contributed by atoms with van der Waals surface area (Å²) in [7, 11) is 0. The number of H-pyrrole nitrogens is 4. The smallest absolute Gasteiger partial charge is 0.326 e. The molecular weight excluding hydrogens is 1370 g/mol. The molecule has 0 unspecified atom stereocenters. The van der Waals surface area contributed by atoms with E-state index in [1.54, 1.807) is 56.0 Å². The Bertz CT molecular complexity index is 4410. The summed E-state index contributed by atoms with van der Waals surface area (Å²) in [6.07, 6.45) is 8.01. The van der Waals surface area contributed by atoms with Crippen LogP contribution in [0.25, 0.3) is 43.6 Å². The number of carboxylic acid groups (broad SMARTS) is 1. The normalized spacial score (nSPS) is 14.1. The Morgan fingerprint density at radius 2 is 0.682 bits per heavy atom. The lowest BCUT2D eigenvalue weighted by Gasteiger charge is -2.29. The number of nitrogens with one attached hydrogen (secondary N) is 18. The van der Waals surface area contributed by atoms with Gasteiger partial charge in [0.1, 0.15) is 48.3 Å². The number of carboxylic acids is 1. The Kier molecular flexibility index (Phi) is 30.0. The van der Waals surface area contributed by atoms with Crippen LogP contribution in [-0.4, -0.2) is 177 Å². The van der Waals surface area contributed by atoms with Gasteiger partial charge >= 0.3 is 5.97 Å². The quantitative estimate of drug-likeness (QED) is 0.0145. The third kappa shape index (κ3) is 23.5. The van der Waals surface area contributed by atoms with Gasteiger partial charge in [0.2, 0.25) is 47.3 Å². The maximum absolute atomic E-state index is 15.8. The van der Waals surface area contributed by atoms with Gasteiger partial charge in [0, 0.05) is 114 Å². The molecule has 572 valence electrons. The van der Waals surface area contributed by atoms with E-state index in [1.165, 1.54) is 0 Å². The van der Waals surface area contributed by atoms with Gasteiger partial charge in [0.05, 0.1) is 6.04 Å². The minimum atomic E-state index is -1.54. The molecule has 4 aromatic carbocycles. The van der Waals surface area contributed by atoms with E-state index in [0.717, 1.165) is 10.9 Å². The summed E-state index contributed by atoms with van der Waals surface area (Å²) >= 11 is 0. The highest BCUT2D eigenvalue weighted by atomic mass is 16.4. The van der Waals surface area contributed by atoms with Crippen LogP contribution in [0.5, 0.6) is 0 Å². The minimum absolute atomic E-state index is 0.0474. The lowest BCUT2D eigenvalue weighted by atomic mass is 9.96. The largest absolute Gasteiger partial charge is 0.480 e. The number of guanidine groups is 3. The fraction of sp³-hybridized carbons (Fsp3) is 0.405. The van der Waals surface area contributed by atoms with Crippen LogP contribution in [0.3, 0.4) is 0 Å². The van der Waals surface area contributed by atoms with E-state index in [-0.39, 0.29) is 108 Å². The first-order valence-electron chi connectivity index (χ1n) is 36.0. The molecule has 33 heteroatoms. The summed E-state index contributed by atoms with van der Waals surface area (Å²) in [5.74, 6) is -9.13. The number of benzene rings is 4. The van der Waals surface area contributed by atoms with E-state index in [9.17, 15) is 29.1 Å². The molecule has 0 radical (unpaired) electrons. The highest BCUT2D eigenvalue weighted by Gasteiger charge is 2.37. The zero-order chi connectivity index (χ0) is 77.1. The van der Waals surface area contributed by atoms with Crippen LogP contribution in [0, 0.1) is 22.1 Å². The van der Waals surface area contributed by atoms with E-state index in [2.05, 4.69) is 78.4 Å². The number of aliphatic carboxylic acids is 1. The molecule has 8 aromatic rings. The summed E-state index contributed by atoms with van der Waals surface area (Å²) in [6, 6.07) is 16.7. The molecule has 107 heavy (non-hydrogen) atoms. The lowest BCUT2D eigenvalue weighted by molar-refractivity contribution is -0.142. The Hall–Kier alpha value is -12.0. The van der Waals surface area contributed by atoms with Gasteiger partial charge in [-0.25, -0.2) is 4.79 Å². The molecule has 0 saturated carbocycles. The van der Waals surface area contributed by atoms with Crippen molar-refractivity contribution in [2.75, 3.05) is 26.2 Å². The summed E-state index contributed by atoms with van der Waals surface area (Å²) < 4.78 is 0. The van der Waals surface area contributed by atoms with Crippen LogP contribution in [0.2, 0.25) is 0 Å². The molecule has 4 heterocycles. The summed E-state index contributed by atoms with van der Waals surface area (Å²) in [4.78, 5) is 145. The van der Waals surface area contributed by atoms with Crippen molar-refractivity contribution in [3.05, 3.63) is 144 Å². The molecule has 8 rings (SSSR count). The van der Waals surface area contributed by atoms with Crippen LogP contribution in [-0.2, 0) is 68.8 Å². The molecule has 10 atom stereocenters. The van der Waals surface area contributed by atoms with E-state index >= 15 is 19.2 Å². The zero-order valence-corrected chi connectivity index (χ0v) is 60.1.